The molecule has 0 aliphatic heterocycles. The number of hydrogen-bond acceptors (Lipinski definition) is 2. The zero-order valence-electron chi connectivity index (χ0n) is 12.1. The predicted octanol–water partition coefficient (Wildman–Crippen LogP) is 4.53. The summed E-state index contributed by atoms with van der Waals surface area (Å²) in [5, 5.41) is 0. The summed E-state index contributed by atoms with van der Waals surface area (Å²) in [4.78, 5) is 0. The lowest BCUT2D eigenvalue weighted by molar-refractivity contribution is 0.180. The zero-order valence-corrected chi connectivity index (χ0v) is 13.6. The lowest BCUT2D eigenvalue weighted by Crippen LogP contribution is -2.29. The molecular formula is C17H20BrNO. The fourth-order valence-corrected chi connectivity index (χ4v) is 2.73. The molecule has 0 fully saturated rings. The lowest BCUT2D eigenvalue weighted by Gasteiger charge is -2.23. The van der Waals surface area contributed by atoms with Gasteiger partial charge in [-0.1, -0.05) is 34.1 Å². The first-order chi connectivity index (χ1) is 9.45. The van der Waals surface area contributed by atoms with Crippen molar-refractivity contribution in [1.29, 1.82) is 0 Å². The molecule has 0 aliphatic rings. The molecule has 2 atom stereocenters. The number of hydrogen-bond donors (Lipinski definition) is 1. The summed E-state index contributed by atoms with van der Waals surface area (Å²) < 4.78 is 7.16. The summed E-state index contributed by atoms with van der Waals surface area (Å²) in [7, 11) is 0. The van der Waals surface area contributed by atoms with Gasteiger partial charge in [-0.3, -0.25) is 0 Å². The fraction of sp³-hybridized carbons (Fsp3) is 0.294. The number of nitrogens with two attached hydrogens (primary N) is 1. The molecule has 2 unspecified atom stereocenters. The highest BCUT2D eigenvalue weighted by Gasteiger charge is 2.18. The summed E-state index contributed by atoms with van der Waals surface area (Å²) >= 11 is 3.49. The fourth-order valence-electron chi connectivity index (χ4n) is 2.31. The van der Waals surface area contributed by atoms with Gasteiger partial charge in [-0.2, -0.15) is 0 Å². The highest BCUT2D eigenvalue weighted by atomic mass is 79.9. The molecule has 106 valence electrons. The minimum Gasteiger partial charge on any atom is -0.484 e. The molecule has 0 amide bonds. The molecular weight excluding hydrogens is 314 g/mol. The molecule has 0 heterocycles. The van der Waals surface area contributed by atoms with E-state index in [4.69, 9.17) is 10.5 Å². The van der Waals surface area contributed by atoms with Crippen LogP contribution in [0.4, 0.5) is 0 Å². The standard InChI is InChI=1S/C17H20BrNO/c1-11-7-12(2)9-16(8-11)20-17(13(3)19)14-5-4-6-15(18)10-14/h4-10,13,17H,19H2,1-3H3. The third-order valence-electron chi connectivity index (χ3n) is 3.11. The van der Waals surface area contributed by atoms with Crippen LogP contribution in [-0.2, 0) is 0 Å². The van der Waals surface area contributed by atoms with Crippen molar-refractivity contribution in [3.8, 4) is 5.75 Å². The Kier molecular flexibility index (Phi) is 4.84. The van der Waals surface area contributed by atoms with Gasteiger partial charge in [0, 0.05) is 10.5 Å². The Bertz CT molecular complexity index is 575. The van der Waals surface area contributed by atoms with Gasteiger partial charge in [0.2, 0.25) is 0 Å². The van der Waals surface area contributed by atoms with Gasteiger partial charge in [0.05, 0.1) is 0 Å². The minimum atomic E-state index is -0.159. The van der Waals surface area contributed by atoms with Gasteiger partial charge in [-0.05, 0) is 61.7 Å². The quantitative estimate of drug-likeness (QED) is 0.891. The van der Waals surface area contributed by atoms with Gasteiger partial charge >= 0.3 is 0 Å². The van der Waals surface area contributed by atoms with Gasteiger partial charge in [-0.15, -0.1) is 0 Å². The van der Waals surface area contributed by atoms with Crippen LogP contribution in [0.2, 0.25) is 0 Å². The van der Waals surface area contributed by atoms with E-state index in [-0.39, 0.29) is 12.1 Å². The molecule has 0 spiro atoms. The van der Waals surface area contributed by atoms with Crippen LogP contribution in [0.25, 0.3) is 0 Å². The first kappa shape index (κ1) is 15.1. The van der Waals surface area contributed by atoms with Crippen molar-refractivity contribution in [3.05, 3.63) is 63.6 Å². The van der Waals surface area contributed by atoms with Crippen LogP contribution >= 0.6 is 15.9 Å². The summed E-state index contributed by atoms with van der Waals surface area (Å²) in [5.74, 6) is 0.866. The van der Waals surface area contributed by atoms with E-state index in [1.165, 1.54) is 11.1 Å². The van der Waals surface area contributed by atoms with Crippen LogP contribution in [0, 0.1) is 13.8 Å². The maximum atomic E-state index is 6.13. The van der Waals surface area contributed by atoms with Crippen molar-refractivity contribution in [1.82, 2.24) is 0 Å². The topological polar surface area (TPSA) is 35.2 Å². The Labute approximate surface area is 129 Å². The average molecular weight is 334 g/mol. The van der Waals surface area contributed by atoms with Crippen LogP contribution in [0.5, 0.6) is 5.75 Å². The second-order valence-corrected chi connectivity index (χ2v) is 6.19. The molecule has 0 aliphatic carbocycles. The van der Waals surface area contributed by atoms with E-state index in [9.17, 15) is 0 Å². The molecule has 2 rings (SSSR count). The van der Waals surface area contributed by atoms with Crippen molar-refractivity contribution >= 4 is 15.9 Å². The van der Waals surface area contributed by atoms with Crippen molar-refractivity contribution < 1.29 is 4.74 Å². The van der Waals surface area contributed by atoms with E-state index < -0.39 is 0 Å². The number of benzene rings is 2. The number of rotatable bonds is 4. The van der Waals surface area contributed by atoms with E-state index in [0.29, 0.717) is 0 Å². The highest BCUT2D eigenvalue weighted by Crippen LogP contribution is 2.27. The molecule has 2 nitrogen and oxygen atoms in total. The summed E-state index contributed by atoms with van der Waals surface area (Å²) in [6, 6.07) is 14.2. The Morgan fingerprint density at radius 2 is 1.70 bits per heavy atom. The SMILES string of the molecule is Cc1cc(C)cc(OC(c2cccc(Br)c2)C(C)N)c1. The second kappa shape index (κ2) is 6.42. The van der Waals surface area contributed by atoms with Crippen LogP contribution in [0.15, 0.2) is 46.9 Å². The maximum Gasteiger partial charge on any atom is 0.138 e. The molecule has 0 saturated carbocycles. The zero-order chi connectivity index (χ0) is 14.7. The Morgan fingerprint density at radius 1 is 1.05 bits per heavy atom. The van der Waals surface area contributed by atoms with Gasteiger partial charge in [0.15, 0.2) is 0 Å². The van der Waals surface area contributed by atoms with Crippen molar-refractivity contribution in [2.24, 2.45) is 5.73 Å². The van der Waals surface area contributed by atoms with Gasteiger partial charge in [-0.25, -0.2) is 0 Å². The molecule has 0 radical (unpaired) electrons. The summed E-state index contributed by atoms with van der Waals surface area (Å²) in [6.45, 7) is 6.11. The normalized spacial score (nSPS) is 13.8. The van der Waals surface area contributed by atoms with Crippen molar-refractivity contribution in [2.45, 2.75) is 32.9 Å². The van der Waals surface area contributed by atoms with Gasteiger partial charge < -0.3 is 10.5 Å². The van der Waals surface area contributed by atoms with Crippen molar-refractivity contribution in [3.63, 3.8) is 0 Å². The third-order valence-corrected chi connectivity index (χ3v) is 3.61. The predicted molar refractivity (Wildman–Crippen MR) is 87.1 cm³/mol. The summed E-state index contributed by atoms with van der Waals surface area (Å²) in [6.07, 6.45) is -0.159. The minimum absolute atomic E-state index is 0.0925. The van der Waals surface area contributed by atoms with Crippen LogP contribution < -0.4 is 10.5 Å². The van der Waals surface area contributed by atoms with Crippen LogP contribution in [0.1, 0.15) is 29.7 Å². The molecule has 2 N–H and O–H groups in total. The molecule has 20 heavy (non-hydrogen) atoms. The Balaban J connectivity index is 2.30. The third kappa shape index (κ3) is 3.84. The molecule has 3 heteroatoms. The smallest absolute Gasteiger partial charge is 0.138 e. The number of aryl methyl sites for hydroxylation is 2. The van der Waals surface area contributed by atoms with E-state index in [1.54, 1.807) is 0 Å². The molecule has 0 aromatic heterocycles. The largest absolute Gasteiger partial charge is 0.484 e. The molecule has 2 aromatic rings. The average Bonchev–Trinajstić information content (AvgIpc) is 2.34. The molecule has 0 bridgehead atoms. The van der Waals surface area contributed by atoms with E-state index in [1.807, 2.05) is 37.3 Å². The highest BCUT2D eigenvalue weighted by molar-refractivity contribution is 9.10. The Morgan fingerprint density at radius 3 is 2.25 bits per heavy atom. The van der Waals surface area contributed by atoms with Gasteiger partial charge in [0.1, 0.15) is 11.9 Å². The Hall–Kier alpha value is -1.32. The van der Waals surface area contributed by atoms with E-state index in [2.05, 4.69) is 41.9 Å². The van der Waals surface area contributed by atoms with Gasteiger partial charge in [0.25, 0.3) is 0 Å². The first-order valence-corrected chi connectivity index (χ1v) is 7.51. The molecule has 2 aromatic carbocycles. The summed E-state index contributed by atoms with van der Waals surface area (Å²) in [5.41, 5.74) is 9.56. The molecule has 0 saturated heterocycles. The second-order valence-electron chi connectivity index (χ2n) is 5.28. The number of halogens is 1. The number of ether oxygens (including phenoxy) is 1. The lowest BCUT2D eigenvalue weighted by atomic mass is 10.0. The maximum absolute atomic E-state index is 6.13. The van der Waals surface area contributed by atoms with E-state index in [0.717, 1.165) is 15.8 Å². The van der Waals surface area contributed by atoms with Crippen LogP contribution in [0.3, 0.4) is 0 Å². The monoisotopic (exact) mass is 333 g/mol. The van der Waals surface area contributed by atoms with E-state index >= 15 is 0 Å². The van der Waals surface area contributed by atoms with Crippen molar-refractivity contribution in [2.75, 3.05) is 0 Å². The first-order valence-electron chi connectivity index (χ1n) is 6.71. The van der Waals surface area contributed by atoms with Crippen LogP contribution in [-0.4, -0.2) is 6.04 Å².